The van der Waals surface area contributed by atoms with E-state index in [-0.39, 0.29) is 6.04 Å². The molecule has 0 radical (unpaired) electrons. The van der Waals surface area contributed by atoms with E-state index in [9.17, 15) is 0 Å². The number of aromatic nitrogens is 1. The van der Waals surface area contributed by atoms with Crippen molar-refractivity contribution in [3.63, 3.8) is 0 Å². The second kappa shape index (κ2) is 6.86. The fraction of sp³-hybridized carbons (Fsp3) is 0.438. The van der Waals surface area contributed by atoms with Gasteiger partial charge in [-0.3, -0.25) is 0 Å². The summed E-state index contributed by atoms with van der Waals surface area (Å²) < 4.78 is 5.91. The molecule has 0 aliphatic carbocycles. The number of nitrogens with two attached hydrogens (primary N) is 1. The summed E-state index contributed by atoms with van der Waals surface area (Å²) in [6.07, 6.45) is 0.824. The maximum Gasteiger partial charge on any atom is 0.131 e. The first-order chi connectivity index (χ1) is 9.56. The highest BCUT2D eigenvalue weighted by molar-refractivity contribution is 7.09. The highest BCUT2D eigenvalue weighted by Gasteiger charge is 2.09. The lowest BCUT2D eigenvalue weighted by Crippen LogP contribution is -2.18. The van der Waals surface area contributed by atoms with E-state index in [1.807, 2.05) is 25.1 Å². The molecule has 4 heteroatoms. The first-order valence-electron chi connectivity index (χ1n) is 6.97. The third kappa shape index (κ3) is 4.05. The van der Waals surface area contributed by atoms with Crippen molar-refractivity contribution >= 4 is 11.3 Å². The molecule has 1 unspecified atom stereocenters. The van der Waals surface area contributed by atoms with Crippen molar-refractivity contribution in [2.75, 3.05) is 0 Å². The first kappa shape index (κ1) is 15.0. The third-order valence-corrected chi connectivity index (χ3v) is 4.15. The van der Waals surface area contributed by atoms with Gasteiger partial charge >= 0.3 is 0 Å². The molecule has 108 valence electrons. The third-order valence-electron chi connectivity index (χ3n) is 2.95. The van der Waals surface area contributed by atoms with Crippen LogP contribution in [0.2, 0.25) is 0 Å². The lowest BCUT2D eigenvalue weighted by atomic mass is 10.1. The summed E-state index contributed by atoms with van der Waals surface area (Å²) in [6.45, 7) is 6.83. The van der Waals surface area contributed by atoms with Crippen LogP contribution in [0.15, 0.2) is 29.6 Å². The summed E-state index contributed by atoms with van der Waals surface area (Å²) in [5.74, 6) is 1.38. The van der Waals surface area contributed by atoms with Gasteiger partial charge in [0.25, 0.3) is 0 Å². The lowest BCUT2D eigenvalue weighted by molar-refractivity contribution is 0.298. The zero-order valence-corrected chi connectivity index (χ0v) is 13.1. The quantitative estimate of drug-likeness (QED) is 0.881. The van der Waals surface area contributed by atoms with Crippen molar-refractivity contribution in [2.45, 2.75) is 45.8 Å². The molecule has 0 fully saturated rings. The number of nitrogens with zero attached hydrogens (tertiary/aromatic N) is 1. The van der Waals surface area contributed by atoms with Crippen LogP contribution >= 0.6 is 11.3 Å². The van der Waals surface area contributed by atoms with Crippen LogP contribution in [0.1, 0.15) is 43.0 Å². The van der Waals surface area contributed by atoms with E-state index in [2.05, 4.69) is 30.3 Å². The Balaban J connectivity index is 2.02. The number of hydrogen-bond acceptors (Lipinski definition) is 4. The topological polar surface area (TPSA) is 48.1 Å². The molecule has 0 amide bonds. The molecule has 1 heterocycles. The van der Waals surface area contributed by atoms with Gasteiger partial charge in [-0.15, -0.1) is 11.3 Å². The van der Waals surface area contributed by atoms with Crippen LogP contribution in [0.5, 0.6) is 5.75 Å². The Labute approximate surface area is 124 Å². The molecule has 2 N–H and O–H groups in total. The van der Waals surface area contributed by atoms with Crippen molar-refractivity contribution < 1.29 is 4.74 Å². The van der Waals surface area contributed by atoms with Gasteiger partial charge in [0.05, 0.1) is 10.7 Å². The van der Waals surface area contributed by atoms with Crippen molar-refractivity contribution in [1.29, 1.82) is 0 Å². The SMILES string of the molecule is CC(N)Cc1ccccc1OCc1csc(C(C)C)n1. The van der Waals surface area contributed by atoms with Gasteiger partial charge < -0.3 is 10.5 Å². The van der Waals surface area contributed by atoms with E-state index in [1.165, 1.54) is 0 Å². The molecule has 3 nitrogen and oxygen atoms in total. The summed E-state index contributed by atoms with van der Waals surface area (Å²) in [6, 6.07) is 8.20. The molecule has 0 saturated heterocycles. The number of para-hydroxylation sites is 1. The normalized spacial score (nSPS) is 12.7. The number of thiazole rings is 1. The van der Waals surface area contributed by atoms with Gasteiger partial charge in [0.2, 0.25) is 0 Å². The second-order valence-electron chi connectivity index (χ2n) is 5.41. The molecule has 0 bridgehead atoms. The second-order valence-corrected chi connectivity index (χ2v) is 6.30. The van der Waals surface area contributed by atoms with Crippen LogP contribution in [-0.4, -0.2) is 11.0 Å². The van der Waals surface area contributed by atoms with Crippen LogP contribution in [0.3, 0.4) is 0 Å². The van der Waals surface area contributed by atoms with Crippen molar-refractivity contribution in [3.05, 3.63) is 45.9 Å². The highest BCUT2D eigenvalue weighted by atomic mass is 32.1. The van der Waals surface area contributed by atoms with Gasteiger partial charge in [0.1, 0.15) is 12.4 Å². The van der Waals surface area contributed by atoms with Crippen LogP contribution in [-0.2, 0) is 13.0 Å². The average Bonchev–Trinajstić information content (AvgIpc) is 2.86. The number of benzene rings is 1. The van der Waals surface area contributed by atoms with E-state index in [0.29, 0.717) is 12.5 Å². The Morgan fingerprint density at radius 1 is 1.25 bits per heavy atom. The van der Waals surface area contributed by atoms with Crippen LogP contribution < -0.4 is 10.5 Å². The van der Waals surface area contributed by atoms with Gasteiger partial charge in [-0.1, -0.05) is 32.0 Å². The van der Waals surface area contributed by atoms with Gasteiger partial charge in [0.15, 0.2) is 0 Å². The molecule has 2 aromatic rings. The van der Waals surface area contributed by atoms with Crippen molar-refractivity contribution in [3.8, 4) is 5.75 Å². The van der Waals surface area contributed by atoms with E-state index < -0.39 is 0 Å². The predicted octanol–water partition coefficient (Wildman–Crippen LogP) is 3.74. The smallest absolute Gasteiger partial charge is 0.131 e. The molecule has 2 rings (SSSR count). The predicted molar refractivity (Wildman–Crippen MR) is 84.3 cm³/mol. The van der Waals surface area contributed by atoms with Crippen LogP contribution in [0.4, 0.5) is 0 Å². The van der Waals surface area contributed by atoms with Gasteiger partial charge in [0, 0.05) is 17.3 Å². The van der Waals surface area contributed by atoms with Crippen LogP contribution in [0.25, 0.3) is 0 Å². The monoisotopic (exact) mass is 290 g/mol. The van der Waals surface area contributed by atoms with E-state index in [1.54, 1.807) is 11.3 Å². The Morgan fingerprint density at radius 3 is 2.65 bits per heavy atom. The molecule has 20 heavy (non-hydrogen) atoms. The molecular formula is C16H22N2OS. The molecule has 0 saturated carbocycles. The minimum Gasteiger partial charge on any atom is -0.487 e. The Kier molecular flexibility index (Phi) is 5.15. The summed E-state index contributed by atoms with van der Waals surface area (Å²) in [7, 11) is 0. The average molecular weight is 290 g/mol. The molecule has 0 aliphatic rings. The lowest BCUT2D eigenvalue weighted by Gasteiger charge is -2.12. The first-order valence-corrected chi connectivity index (χ1v) is 7.84. The zero-order chi connectivity index (χ0) is 14.5. The van der Waals surface area contributed by atoms with E-state index in [4.69, 9.17) is 10.5 Å². The van der Waals surface area contributed by atoms with Gasteiger partial charge in [-0.2, -0.15) is 0 Å². The maximum absolute atomic E-state index is 5.91. The molecule has 0 aliphatic heterocycles. The van der Waals surface area contributed by atoms with Gasteiger partial charge in [-0.05, 0) is 25.0 Å². The minimum atomic E-state index is 0.131. The zero-order valence-electron chi connectivity index (χ0n) is 12.3. The molecule has 0 spiro atoms. The highest BCUT2D eigenvalue weighted by Crippen LogP contribution is 2.23. The number of rotatable bonds is 6. The number of ether oxygens (including phenoxy) is 1. The maximum atomic E-state index is 5.91. The summed E-state index contributed by atoms with van der Waals surface area (Å²) in [5, 5.41) is 3.23. The largest absolute Gasteiger partial charge is 0.487 e. The van der Waals surface area contributed by atoms with Gasteiger partial charge in [-0.25, -0.2) is 4.98 Å². The molecule has 1 atom stereocenters. The van der Waals surface area contributed by atoms with Crippen LogP contribution in [0, 0.1) is 0 Å². The summed E-state index contributed by atoms with van der Waals surface area (Å²) in [5.41, 5.74) is 8.02. The summed E-state index contributed by atoms with van der Waals surface area (Å²) >= 11 is 1.70. The van der Waals surface area contributed by atoms with E-state index in [0.717, 1.165) is 28.4 Å². The van der Waals surface area contributed by atoms with Crippen molar-refractivity contribution in [2.24, 2.45) is 5.73 Å². The Bertz CT molecular complexity index is 549. The fourth-order valence-corrected chi connectivity index (χ4v) is 2.79. The molecule has 1 aromatic heterocycles. The summed E-state index contributed by atoms with van der Waals surface area (Å²) in [4.78, 5) is 4.58. The minimum absolute atomic E-state index is 0.131. The Morgan fingerprint density at radius 2 is 2.00 bits per heavy atom. The molecule has 1 aromatic carbocycles. The van der Waals surface area contributed by atoms with Crippen molar-refractivity contribution in [1.82, 2.24) is 4.98 Å². The Hall–Kier alpha value is -1.39. The van der Waals surface area contributed by atoms with E-state index >= 15 is 0 Å². The fourth-order valence-electron chi connectivity index (χ4n) is 1.97. The standard InChI is InChI=1S/C16H22N2OS/c1-11(2)16-18-14(10-20-16)9-19-15-7-5-4-6-13(15)8-12(3)17/h4-7,10-12H,8-9,17H2,1-3H3. The number of hydrogen-bond donors (Lipinski definition) is 1. The molecular weight excluding hydrogens is 268 g/mol.